The molecule has 0 saturated heterocycles. The lowest BCUT2D eigenvalue weighted by Gasteiger charge is -2.13. The molecule has 2 aromatic heterocycles. The van der Waals surface area contributed by atoms with Gasteiger partial charge in [-0.05, 0) is 13.3 Å². The summed E-state index contributed by atoms with van der Waals surface area (Å²) in [6, 6.07) is 0.449. The van der Waals surface area contributed by atoms with Gasteiger partial charge in [-0.15, -0.1) is 11.3 Å². The van der Waals surface area contributed by atoms with Crippen LogP contribution in [0.1, 0.15) is 24.5 Å². The second-order valence-electron chi connectivity index (χ2n) is 4.45. The van der Waals surface area contributed by atoms with Crippen molar-refractivity contribution in [2.45, 2.75) is 39.3 Å². The van der Waals surface area contributed by atoms with Gasteiger partial charge in [0.15, 0.2) is 0 Å². The van der Waals surface area contributed by atoms with E-state index in [2.05, 4.69) is 39.1 Å². The molecule has 0 aliphatic carbocycles. The Kier molecular flexibility index (Phi) is 4.90. The molecule has 0 aliphatic heterocycles. The fourth-order valence-electron chi connectivity index (χ4n) is 1.83. The minimum Gasteiger partial charge on any atom is -0.336 e. The van der Waals surface area contributed by atoms with Crippen molar-refractivity contribution in [3.8, 4) is 0 Å². The minimum atomic E-state index is 0.449. The number of nitrogens with zero attached hydrogens (tertiary/aromatic N) is 3. The van der Waals surface area contributed by atoms with Gasteiger partial charge >= 0.3 is 0 Å². The molecule has 5 heteroatoms. The first kappa shape index (κ1) is 13.2. The van der Waals surface area contributed by atoms with Gasteiger partial charge in [-0.3, -0.25) is 0 Å². The molecule has 0 fully saturated rings. The summed E-state index contributed by atoms with van der Waals surface area (Å²) in [6.45, 7) is 6.27. The first-order valence-electron chi connectivity index (χ1n) is 6.40. The van der Waals surface area contributed by atoms with Crippen LogP contribution in [0.2, 0.25) is 0 Å². The van der Waals surface area contributed by atoms with E-state index in [1.807, 2.05) is 18.7 Å². The molecule has 0 aliphatic rings. The van der Waals surface area contributed by atoms with Crippen molar-refractivity contribution in [1.29, 1.82) is 0 Å². The molecule has 0 saturated carbocycles. The summed E-state index contributed by atoms with van der Waals surface area (Å²) in [5.74, 6) is 0. The SMILES string of the molecule is CCc1csc(CCN[C@H](C)Cn2ccnc2)n1. The van der Waals surface area contributed by atoms with E-state index in [-0.39, 0.29) is 0 Å². The van der Waals surface area contributed by atoms with E-state index >= 15 is 0 Å². The van der Waals surface area contributed by atoms with Crippen LogP contribution >= 0.6 is 11.3 Å². The Morgan fingerprint density at radius 3 is 3.06 bits per heavy atom. The van der Waals surface area contributed by atoms with Crippen LogP contribution in [0.4, 0.5) is 0 Å². The molecule has 1 N–H and O–H groups in total. The number of thiazole rings is 1. The quantitative estimate of drug-likeness (QED) is 0.833. The third-order valence-corrected chi connectivity index (χ3v) is 3.79. The predicted octanol–water partition coefficient (Wildman–Crippen LogP) is 2.12. The smallest absolute Gasteiger partial charge is 0.0946 e. The molecule has 98 valence electrons. The summed E-state index contributed by atoms with van der Waals surface area (Å²) in [6.07, 6.45) is 7.70. The zero-order valence-electron chi connectivity index (χ0n) is 11.0. The van der Waals surface area contributed by atoms with Crippen LogP contribution in [-0.4, -0.2) is 27.1 Å². The van der Waals surface area contributed by atoms with Gasteiger partial charge in [-0.2, -0.15) is 0 Å². The molecule has 0 aromatic carbocycles. The van der Waals surface area contributed by atoms with E-state index in [0.717, 1.165) is 25.9 Å². The highest BCUT2D eigenvalue weighted by atomic mass is 32.1. The highest BCUT2D eigenvalue weighted by Gasteiger charge is 2.04. The van der Waals surface area contributed by atoms with Crippen LogP contribution in [0.15, 0.2) is 24.1 Å². The zero-order chi connectivity index (χ0) is 12.8. The summed E-state index contributed by atoms with van der Waals surface area (Å²) in [7, 11) is 0. The van der Waals surface area contributed by atoms with Crippen molar-refractivity contribution >= 4 is 11.3 Å². The maximum Gasteiger partial charge on any atom is 0.0946 e. The van der Waals surface area contributed by atoms with E-state index < -0.39 is 0 Å². The van der Waals surface area contributed by atoms with Crippen LogP contribution in [0.5, 0.6) is 0 Å². The van der Waals surface area contributed by atoms with Crippen molar-refractivity contribution < 1.29 is 0 Å². The monoisotopic (exact) mass is 264 g/mol. The number of rotatable bonds is 7. The second-order valence-corrected chi connectivity index (χ2v) is 5.39. The van der Waals surface area contributed by atoms with Gasteiger partial charge < -0.3 is 9.88 Å². The summed E-state index contributed by atoms with van der Waals surface area (Å²) in [5, 5.41) is 6.90. The topological polar surface area (TPSA) is 42.7 Å². The normalized spacial score (nSPS) is 12.8. The number of imidazole rings is 1. The molecular weight excluding hydrogens is 244 g/mol. The van der Waals surface area contributed by atoms with Crippen molar-refractivity contribution in [3.05, 3.63) is 34.8 Å². The Hall–Kier alpha value is -1.20. The fourth-order valence-corrected chi connectivity index (χ4v) is 2.71. The van der Waals surface area contributed by atoms with E-state index in [0.29, 0.717) is 6.04 Å². The Morgan fingerprint density at radius 1 is 1.50 bits per heavy atom. The molecule has 18 heavy (non-hydrogen) atoms. The maximum absolute atomic E-state index is 4.56. The summed E-state index contributed by atoms with van der Waals surface area (Å²) in [4.78, 5) is 8.61. The molecule has 0 unspecified atom stereocenters. The summed E-state index contributed by atoms with van der Waals surface area (Å²) in [5.41, 5.74) is 1.21. The van der Waals surface area contributed by atoms with Gasteiger partial charge in [0, 0.05) is 43.3 Å². The van der Waals surface area contributed by atoms with Crippen LogP contribution < -0.4 is 5.32 Å². The number of hydrogen-bond donors (Lipinski definition) is 1. The highest BCUT2D eigenvalue weighted by molar-refractivity contribution is 7.09. The maximum atomic E-state index is 4.56. The van der Waals surface area contributed by atoms with Crippen molar-refractivity contribution in [1.82, 2.24) is 19.9 Å². The third kappa shape index (κ3) is 3.92. The molecule has 1 atom stereocenters. The van der Waals surface area contributed by atoms with E-state index in [1.54, 1.807) is 11.3 Å². The van der Waals surface area contributed by atoms with Gasteiger partial charge in [-0.25, -0.2) is 9.97 Å². The molecule has 0 amide bonds. The van der Waals surface area contributed by atoms with Crippen LogP contribution in [0.3, 0.4) is 0 Å². The summed E-state index contributed by atoms with van der Waals surface area (Å²) >= 11 is 1.76. The largest absolute Gasteiger partial charge is 0.336 e. The lowest BCUT2D eigenvalue weighted by molar-refractivity contribution is 0.479. The van der Waals surface area contributed by atoms with E-state index in [9.17, 15) is 0 Å². The second kappa shape index (κ2) is 6.66. The Labute approximate surface area is 112 Å². The number of aryl methyl sites for hydroxylation is 1. The molecule has 4 nitrogen and oxygen atoms in total. The first-order chi connectivity index (χ1) is 8.78. The van der Waals surface area contributed by atoms with Crippen LogP contribution in [0, 0.1) is 0 Å². The third-order valence-electron chi connectivity index (χ3n) is 2.84. The predicted molar refractivity (Wildman–Crippen MR) is 74.9 cm³/mol. The van der Waals surface area contributed by atoms with Gasteiger partial charge in [-0.1, -0.05) is 6.92 Å². The Bertz CT molecular complexity index is 449. The molecule has 2 aromatic rings. The Balaban J connectivity index is 1.68. The highest BCUT2D eigenvalue weighted by Crippen LogP contribution is 2.10. The number of aromatic nitrogens is 3. The standard InChI is InChI=1S/C13H20N4S/c1-3-12-9-18-13(16-12)4-5-15-11(2)8-17-7-6-14-10-17/h6-7,9-11,15H,3-5,8H2,1-2H3/t11-/m1/s1. The molecule has 0 spiro atoms. The first-order valence-corrected chi connectivity index (χ1v) is 7.28. The molecule has 0 radical (unpaired) electrons. The van der Waals surface area contributed by atoms with Gasteiger partial charge in [0.05, 0.1) is 17.0 Å². The molecular formula is C13H20N4S. The Morgan fingerprint density at radius 2 is 2.39 bits per heavy atom. The van der Waals surface area contributed by atoms with Crippen molar-refractivity contribution in [3.63, 3.8) is 0 Å². The lowest BCUT2D eigenvalue weighted by Crippen LogP contribution is -2.31. The van der Waals surface area contributed by atoms with E-state index in [4.69, 9.17) is 0 Å². The van der Waals surface area contributed by atoms with E-state index in [1.165, 1.54) is 10.7 Å². The molecule has 2 rings (SSSR count). The number of nitrogens with one attached hydrogen (secondary N) is 1. The fraction of sp³-hybridized carbons (Fsp3) is 0.538. The molecule has 2 heterocycles. The molecule has 0 bridgehead atoms. The van der Waals surface area contributed by atoms with Crippen molar-refractivity contribution in [2.75, 3.05) is 6.54 Å². The number of hydrogen-bond acceptors (Lipinski definition) is 4. The summed E-state index contributed by atoms with van der Waals surface area (Å²) < 4.78 is 2.09. The van der Waals surface area contributed by atoms with Gasteiger partial charge in [0.1, 0.15) is 0 Å². The van der Waals surface area contributed by atoms with Gasteiger partial charge in [0.25, 0.3) is 0 Å². The van der Waals surface area contributed by atoms with Crippen LogP contribution in [0.25, 0.3) is 0 Å². The zero-order valence-corrected chi connectivity index (χ0v) is 11.8. The van der Waals surface area contributed by atoms with Crippen molar-refractivity contribution in [2.24, 2.45) is 0 Å². The average molecular weight is 264 g/mol. The van der Waals surface area contributed by atoms with Gasteiger partial charge in [0.2, 0.25) is 0 Å². The average Bonchev–Trinajstić information content (AvgIpc) is 3.00. The lowest BCUT2D eigenvalue weighted by atomic mass is 10.3. The van der Waals surface area contributed by atoms with Crippen LogP contribution in [-0.2, 0) is 19.4 Å². The minimum absolute atomic E-state index is 0.449.